The second kappa shape index (κ2) is 4.82. The molecule has 4 nitrogen and oxygen atoms in total. The van der Waals surface area contributed by atoms with Crippen molar-refractivity contribution in [3.05, 3.63) is 45.8 Å². The molecule has 18 heavy (non-hydrogen) atoms. The molecule has 0 aliphatic carbocycles. The number of amides is 1. The number of aromatic nitrogens is 1. The van der Waals surface area contributed by atoms with E-state index < -0.39 is 0 Å². The van der Waals surface area contributed by atoms with Gasteiger partial charge in [0.1, 0.15) is 11.3 Å². The third-order valence-electron chi connectivity index (χ3n) is 2.71. The highest BCUT2D eigenvalue weighted by molar-refractivity contribution is 6.31. The topological polar surface area (TPSA) is 55.1 Å². The number of carbonyl (C=O) groups excluding carboxylic acids is 1. The zero-order valence-corrected chi connectivity index (χ0v) is 11.1. The van der Waals surface area contributed by atoms with Crippen LogP contribution in [-0.4, -0.2) is 11.1 Å². The van der Waals surface area contributed by atoms with E-state index in [2.05, 4.69) is 10.5 Å². The van der Waals surface area contributed by atoms with Crippen molar-refractivity contribution >= 4 is 23.2 Å². The first-order valence-corrected chi connectivity index (χ1v) is 5.87. The van der Waals surface area contributed by atoms with Crippen LogP contribution in [-0.2, 0) is 0 Å². The molecule has 0 fully saturated rings. The minimum absolute atomic E-state index is 0.239. The molecule has 0 aliphatic rings. The molecule has 5 heteroatoms. The van der Waals surface area contributed by atoms with E-state index in [1.165, 1.54) is 0 Å². The van der Waals surface area contributed by atoms with E-state index in [0.717, 1.165) is 5.56 Å². The lowest BCUT2D eigenvalue weighted by molar-refractivity contribution is 0.102. The summed E-state index contributed by atoms with van der Waals surface area (Å²) >= 11 is 5.91. The van der Waals surface area contributed by atoms with Crippen LogP contribution in [0.25, 0.3) is 0 Å². The van der Waals surface area contributed by atoms with Gasteiger partial charge in [-0.05, 0) is 38.5 Å². The molecule has 0 atom stereocenters. The highest BCUT2D eigenvalue weighted by Crippen LogP contribution is 2.22. The van der Waals surface area contributed by atoms with Crippen molar-refractivity contribution in [3.8, 4) is 0 Å². The molecule has 1 aromatic heterocycles. The Morgan fingerprint density at radius 3 is 2.67 bits per heavy atom. The summed E-state index contributed by atoms with van der Waals surface area (Å²) in [6.45, 7) is 5.34. The van der Waals surface area contributed by atoms with Crippen molar-refractivity contribution in [1.82, 2.24) is 5.16 Å². The standard InChI is InChI=1S/C13H13ClN2O2/c1-7-4-5-10(14)6-11(7)15-13(17)12-8(2)16-18-9(12)3/h4-6H,1-3H3,(H,15,17). The van der Waals surface area contributed by atoms with Crippen molar-refractivity contribution in [1.29, 1.82) is 0 Å². The lowest BCUT2D eigenvalue weighted by Gasteiger charge is -2.08. The summed E-state index contributed by atoms with van der Waals surface area (Å²) in [7, 11) is 0. The lowest BCUT2D eigenvalue weighted by Crippen LogP contribution is -2.14. The number of anilines is 1. The number of carbonyl (C=O) groups is 1. The van der Waals surface area contributed by atoms with Crippen molar-refractivity contribution in [2.45, 2.75) is 20.8 Å². The predicted octanol–water partition coefficient (Wildman–Crippen LogP) is 3.51. The number of rotatable bonds is 2. The van der Waals surface area contributed by atoms with Crippen LogP contribution in [0.3, 0.4) is 0 Å². The Hall–Kier alpha value is -1.81. The van der Waals surface area contributed by atoms with Gasteiger partial charge >= 0.3 is 0 Å². The van der Waals surface area contributed by atoms with Gasteiger partial charge in [0.15, 0.2) is 0 Å². The normalized spacial score (nSPS) is 10.4. The Labute approximate surface area is 110 Å². The first kappa shape index (κ1) is 12.6. The maximum atomic E-state index is 12.1. The van der Waals surface area contributed by atoms with Gasteiger partial charge in [-0.2, -0.15) is 0 Å². The molecular weight excluding hydrogens is 252 g/mol. The zero-order valence-electron chi connectivity index (χ0n) is 10.4. The van der Waals surface area contributed by atoms with E-state index in [1.807, 2.05) is 13.0 Å². The van der Waals surface area contributed by atoms with Crippen molar-refractivity contribution in [2.24, 2.45) is 0 Å². The third kappa shape index (κ3) is 2.38. The van der Waals surface area contributed by atoms with Gasteiger partial charge in [0.25, 0.3) is 5.91 Å². The quantitative estimate of drug-likeness (QED) is 0.903. The van der Waals surface area contributed by atoms with E-state index in [-0.39, 0.29) is 5.91 Å². The van der Waals surface area contributed by atoms with Crippen LogP contribution < -0.4 is 5.32 Å². The maximum Gasteiger partial charge on any atom is 0.261 e. The summed E-state index contributed by atoms with van der Waals surface area (Å²) < 4.78 is 4.97. The molecule has 1 heterocycles. The molecule has 0 saturated heterocycles. The largest absolute Gasteiger partial charge is 0.361 e. The van der Waals surface area contributed by atoms with Gasteiger partial charge < -0.3 is 9.84 Å². The van der Waals surface area contributed by atoms with E-state index in [1.54, 1.807) is 26.0 Å². The number of nitrogens with zero attached hydrogens (tertiary/aromatic N) is 1. The van der Waals surface area contributed by atoms with Gasteiger partial charge in [0, 0.05) is 10.7 Å². The molecule has 0 spiro atoms. The zero-order chi connectivity index (χ0) is 13.3. The molecule has 0 bridgehead atoms. The Morgan fingerprint density at radius 2 is 2.06 bits per heavy atom. The molecule has 0 radical (unpaired) electrons. The summed E-state index contributed by atoms with van der Waals surface area (Å²) in [6.07, 6.45) is 0. The van der Waals surface area contributed by atoms with Crippen LogP contribution in [0.5, 0.6) is 0 Å². The summed E-state index contributed by atoms with van der Waals surface area (Å²) in [5.74, 6) is 0.265. The molecule has 1 N–H and O–H groups in total. The maximum absolute atomic E-state index is 12.1. The number of hydrogen-bond donors (Lipinski definition) is 1. The fourth-order valence-corrected chi connectivity index (χ4v) is 1.89. The number of nitrogens with one attached hydrogen (secondary N) is 1. The predicted molar refractivity (Wildman–Crippen MR) is 70.1 cm³/mol. The molecule has 0 aliphatic heterocycles. The molecule has 1 aromatic carbocycles. The minimum Gasteiger partial charge on any atom is -0.361 e. The number of halogens is 1. The third-order valence-corrected chi connectivity index (χ3v) is 2.94. The fourth-order valence-electron chi connectivity index (χ4n) is 1.72. The van der Waals surface area contributed by atoms with Crippen LogP contribution in [0.15, 0.2) is 22.7 Å². The smallest absolute Gasteiger partial charge is 0.261 e. The second-order valence-corrected chi connectivity index (χ2v) is 4.55. The minimum atomic E-state index is -0.239. The van der Waals surface area contributed by atoms with Crippen LogP contribution >= 0.6 is 11.6 Å². The Morgan fingerprint density at radius 1 is 1.33 bits per heavy atom. The van der Waals surface area contributed by atoms with Crippen molar-refractivity contribution < 1.29 is 9.32 Å². The number of aryl methyl sites for hydroxylation is 3. The number of hydrogen-bond acceptors (Lipinski definition) is 3. The molecule has 0 saturated carbocycles. The monoisotopic (exact) mass is 264 g/mol. The average Bonchev–Trinajstić information content (AvgIpc) is 2.63. The van der Waals surface area contributed by atoms with Crippen LogP contribution in [0.4, 0.5) is 5.69 Å². The number of benzene rings is 1. The Bertz CT molecular complexity index is 586. The van der Waals surface area contributed by atoms with Gasteiger partial charge in [0.05, 0.1) is 5.69 Å². The summed E-state index contributed by atoms with van der Waals surface area (Å²) in [6, 6.07) is 5.35. The van der Waals surface area contributed by atoms with Crippen LogP contribution in [0, 0.1) is 20.8 Å². The van der Waals surface area contributed by atoms with Gasteiger partial charge in [-0.15, -0.1) is 0 Å². The fraction of sp³-hybridized carbons (Fsp3) is 0.231. The molecule has 1 amide bonds. The molecule has 2 aromatic rings. The van der Waals surface area contributed by atoms with E-state index in [9.17, 15) is 4.79 Å². The Kier molecular flexibility index (Phi) is 3.39. The first-order chi connectivity index (χ1) is 8.49. The summed E-state index contributed by atoms with van der Waals surface area (Å²) in [5, 5.41) is 7.15. The molecular formula is C13H13ClN2O2. The van der Waals surface area contributed by atoms with Crippen LogP contribution in [0.1, 0.15) is 27.4 Å². The Balaban J connectivity index is 2.30. The second-order valence-electron chi connectivity index (χ2n) is 4.11. The van der Waals surface area contributed by atoms with E-state index in [4.69, 9.17) is 16.1 Å². The van der Waals surface area contributed by atoms with Gasteiger partial charge in [-0.3, -0.25) is 4.79 Å². The van der Waals surface area contributed by atoms with Gasteiger partial charge in [0.2, 0.25) is 0 Å². The molecule has 2 rings (SSSR count). The molecule has 0 unspecified atom stereocenters. The van der Waals surface area contributed by atoms with Crippen molar-refractivity contribution in [2.75, 3.05) is 5.32 Å². The van der Waals surface area contributed by atoms with Crippen LogP contribution in [0.2, 0.25) is 5.02 Å². The molecule has 94 valence electrons. The van der Waals surface area contributed by atoms with Gasteiger partial charge in [-0.25, -0.2) is 0 Å². The average molecular weight is 265 g/mol. The SMILES string of the molecule is Cc1ccc(Cl)cc1NC(=O)c1c(C)noc1C. The summed E-state index contributed by atoms with van der Waals surface area (Å²) in [4.78, 5) is 12.1. The first-order valence-electron chi connectivity index (χ1n) is 5.49. The van der Waals surface area contributed by atoms with E-state index in [0.29, 0.717) is 27.7 Å². The summed E-state index contributed by atoms with van der Waals surface area (Å²) in [5.41, 5.74) is 2.67. The van der Waals surface area contributed by atoms with E-state index >= 15 is 0 Å². The van der Waals surface area contributed by atoms with Crippen molar-refractivity contribution in [3.63, 3.8) is 0 Å². The highest BCUT2D eigenvalue weighted by atomic mass is 35.5. The highest BCUT2D eigenvalue weighted by Gasteiger charge is 2.18. The lowest BCUT2D eigenvalue weighted by atomic mass is 10.1. The van der Waals surface area contributed by atoms with Gasteiger partial charge in [-0.1, -0.05) is 22.8 Å².